The minimum absolute atomic E-state index is 0.0128. The summed E-state index contributed by atoms with van der Waals surface area (Å²) in [7, 11) is 1.60. The fourth-order valence-corrected chi connectivity index (χ4v) is 4.26. The molecule has 1 aliphatic heterocycles. The summed E-state index contributed by atoms with van der Waals surface area (Å²) in [6.45, 7) is 2.80. The Bertz CT molecular complexity index is 622. The molecule has 0 spiro atoms. The first-order chi connectivity index (χ1) is 12.0. The van der Waals surface area contributed by atoms with Crippen molar-refractivity contribution in [1.82, 2.24) is 5.32 Å². The highest BCUT2D eigenvalue weighted by molar-refractivity contribution is 6.30. The Labute approximate surface area is 154 Å². The number of halogens is 1. The van der Waals surface area contributed by atoms with E-state index in [1.54, 1.807) is 13.2 Å². The Morgan fingerprint density at radius 1 is 1.36 bits per heavy atom. The minimum atomic E-state index is -0.320. The van der Waals surface area contributed by atoms with Crippen LogP contribution >= 0.6 is 11.6 Å². The van der Waals surface area contributed by atoms with Gasteiger partial charge in [-0.3, -0.25) is 4.79 Å². The van der Waals surface area contributed by atoms with Crippen LogP contribution < -0.4 is 10.1 Å². The van der Waals surface area contributed by atoms with E-state index in [9.17, 15) is 4.79 Å². The number of ether oxygens (including phenoxy) is 3. The summed E-state index contributed by atoms with van der Waals surface area (Å²) < 4.78 is 16.6. The highest BCUT2D eigenvalue weighted by Gasteiger charge is 2.43. The molecule has 1 saturated heterocycles. The summed E-state index contributed by atoms with van der Waals surface area (Å²) in [5, 5.41) is 3.89. The van der Waals surface area contributed by atoms with Crippen LogP contribution in [0.4, 0.5) is 0 Å². The molecule has 1 saturated carbocycles. The van der Waals surface area contributed by atoms with Gasteiger partial charge in [0.2, 0.25) is 5.91 Å². The van der Waals surface area contributed by atoms with Gasteiger partial charge in [-0.1, -0.05) is 30.9 Å². The smallest absolute Gasteiger partial charge is 0.225 e. The van der Waals surface area contributed by atoms with Crippen molar-refractivity contribution in [1.29, 1.82) is 0 Å². The van der Waals surface area contributed by atoms with Gasteiger partial charge in [-0.05, 0) is 37.5 Å². The first-order valence-electron chi connectivity index (χ1n) is 8.87. The molecule has 1 aliphatic carbocycles. The molecule has 1 amide bonds. The summed E-state index contributed by atoms with van der Waals surface area (Å²) in [5.41, 5.74) is 1.51. The molecule has 1 unspecified atom stereocenters. The summed E-state index contributed by atoms with van der Waals surface area (Å²) >= 11 is 6.09. The van der Waals surface area contributed by atoms with Crippen molar-refractivity contribution in [2.75, 3.05) is 20.5 Å². The number of carbonyl (C=O) groups excluding carboxylic acids is 1. The predicted molar refractivity (Wildman–Crippen MR) is 96.1 cm³/mol. The lowest BCUT2D eigenvalue weighted by Crippen LogP contribution is -2.58. The van der Waals surface area contributed by atoms with Crippen LogP contribution in [0.5, 0.6) is 5.75 Å². The van der Waals surface area contributed by atoms with Crippen LogP contribution in [0.2, 0.25) is 5.02 Å². The molecule has 1 heterocycles. The first-order valence-corrected chi connectivity index (χ1v) is 9.25. The van der Waals surface area contributed by atoms with Gasteiger partial charge in [0.15, 0.2) is 0 Å². The number of hydrogen-bond acceptors (Lipinski definition) is 4. The Kier molecular flexibility index (Phi) is 5.87. The van der Waals surface area contributed by atoms with Gasteiger partial charge in [0.05, 0.1) is 25.7 Å². The molecule has 5 nitrogen and oxygen atoms in total. The topological polar surface area (TPSA) is 56.8 Å². The van der Waals surface area contributed by atoms with Crippen molar-refractivity contribution in [2.45, 2.75) is 57.1 Å². The Hall–Kier alpha value is -1.30. The van der Waals surface area contributed by atoms with E-state index in [0.717, 1.165) is 36.8 Å². The van der Waals surface area contributed by atoms with Gasteiger partial charge in [-0.2, -0.15) is 0 Å². The largest absolute Gasteiger partial charge is 0.496 e. The van der Waals surface area contributed by atoms with E-state index in [0.29, 0.717) is 24.2 Å². The Morgan fingerprint density at radius 2 is 2.12 bits per heavy atom. The number of benzene rings is 1. The zero-order valence-corrected chi connectivity index (χ0v) is 15.7. The molecule has 1 atom stereocenters. The van der Waals surface area contributed by atoms with Crippen molar-refractivity contribution < 1.29 is 19.0 Å². The monoisotopic (exact) mass is 367 g/mol. The van der Waals surface area contributed by atoms with E-state index in [4.69, 9.17) is 25.8 Å². The Balaban J connectivity index is 1.76. The van der Waals surface area contributed by atoms with Crippen LogP contribution in [0.1, 0.15) is 43.2 Å². The second-order valence-corrected chi connectivity index (χ2v) is 7.43. The molecule has 0 aromatic heterocycles. The second kappa shape index (κ2) is 7.94. The van der Waals surface area contributed by atoms with Gasteiger partial charge < -0.3 is 19.5 Å². The summed E-state index contributed by atoms with van der Waals surface area (Å²) in [6, 6.07) is 3.61. The zero-order valence-electron chi connectivity index (χ0n) is 14.9. The summed E-state index contributed by atoms with van der Waals surface area (Å²) in [4.78, 5) is 12.9. The van der Waals surface area contributed by atoms with Crippen LogP contribution in [0.15, 0.2) is 12.1 Å². The molecule has 2 fully saturated rings. The van der Waals surface area contributed by atoms with Crippen molar-refractivity contribution >= 4 is 17.5 Å². The lowest BCUT2D eigenvalue weighted by Gasteiger charge is -2.41. The van der Waals surface area contributed by atoms with E-state index in [1.807, 2.05) is 13.0 Å². The highest BCUT2D eigenvalue weighted by atomic mass is 35.5. The summed E-state index contributed by atoms with van der Waals surface area (Å²) in [5.74, 6) is 0.638. The Morgan fingerprint density at radius 3 is 2.76 bits per heavy atom. The molecular formula is C19H26ClNO4. The average molecular weight is 368 g/mol. The third-order valence-electron chi connectivity index (χ3n) is 5.33. The highest BCUT2D eigenvalue weighted by Crippen LogP contribution is 2.35. The van der Waals surface area contributed by atoms with Crippen molar-refractivity contribution in [3.8, 4) is 5.75 Å². The molecule has 1 aromatic carbocycles. The van der Waals surface area contributed by atoms with Crippen LogP contribution in [0, 0.1) is 6.92 Å². The molecule has 1 N–H and O–H groups in total. The number of amides is 1. The van der Waals surface area contributed by atoms with E-state index in [-0.39, 0.29) is 24.0 Å². The number of hydrogen-bond donors (Lipinski definition) is 1. The standard InChI is InChI=1S/C19H26ClNO4/c1-13-8-14(20)9-16(23-2)15(13)10-18(22)21-19(6-4-3-5-7-19)17-11-24-12-25-17/h8-9,17H,3-7,10-12H2,1-2H3,(H,21,22). The number of rotatable bonds is 5. The molecule has 1 aromatic rings. The summed E-state index contributed by atoms with van der Waals surface area (Å²) in [6.07, 6.45) is 5.47. The second-order valence-electron chi connectivity index (χ2n) is 6.99. The van der Waals surface area contributed by atoms with Crippen LogP contribution in [-0.4, -0.2) is 38.1 Å². The van der Waals surface area contributed by atoms with Gasteiger partial charge in [0, 0.05) is 10.6 Å². The quantitative estimate of drug-likeness (QED) is 0.866. The minimum Gasteiger partial charge on any atom is -0.496 e. The first kappa shape index (κ1) is 18.5. The fourth-order valence-electron chi connectivity index (χ4n) is 4.00. The van der Waals surface area contributed by atoms with Crippen LogP contribution in [0.25, 0.3) is 0 Å². The van der Waals surface area contributed by atoms with Gasteiger partial charge in [0.1, 0.15) is 18.6 Å². The zero-order chi connectivity index (χ0) is 17.9. The fraction of sp³-hybridized carbons (Fsp3) is 0.632. The maximum absolute atomic E-state index is 12.9. The van der Waals surface area contributed by atoms with Gasteiger partial charge >= 0.3 is 0 Å². The molecule has 2 aliphatic rings. The number of aryl methyl sites for hydroxylation is 1. The third-order valence-corrected chi connectivity index (χ3v) is 5.54. The van der Waals surface area contributed by atoms with E-state index in [2.05, 4.69) is 5.32 Å². The van der Waals surface area contributed by atoms with E-state index in [1.165, 1.54) is 6.42 Å². The van der Waals surface area contributed by atoms with E-state index < -0.39 is 0 Å². The number of methoxy groups -OCH3 is 1. The molecule has 25 heavy (non-hydrogen) atoms. The van der Waals surface area contributed by atoms with Crippen molar-refractivity contribution in [2.24, 2.45) is 0 Å². The maximum atomic E-state index is 12.9. The lowest BCUT2D eigenvalue weighted by atomic mass is 9.77. The van der Waals surface area contributed by atoms with Crippen LogP contribution in [0.3, 0.4) is 0 Å². The molecular weight excluding hydrogens is 342 g/mol. The average Bonchev–Trinajstić information content (AvgIpc) is 3.13. The molecule has 0 radical (unpaired) electrons. The van der Waals surface area contributed by atoms with E-state index >= 15 is 0 Å². The lowest BCUT2D eigenvalue weighted by molar-refractivity contribution is -0.125. The molecule has 0 bridgehead atoms. The third kappa shape index (κ3) is 4.10. The molecule has 3 rings (SSSR count). The van der Waals surface area contributed by atoms with Gasteiger partial charge in [-0.15, -0.1) is 0 Å². The van der Waals surface area contributed by atoms with Crippen molar-refractivity contribution in [3.63, 3.8) is 0 Å². The maximum Gasteiger partial charge on any atom is 0.225 e. The SMILES string of the molecule is COc1cc(Cl)cc(C)c1CC(=O)NC1(C2COCO2)CCCCC1. The van der Waals surface area contributed by atoms with Gasteiger partial charge in [-0.25, -0.2) is 0 Å². The normalized spacial score (nSPS) is 22.6. The number of nitrogens with one attached hydrogen (secondary N) is 1. The predicted octanol–water partition coefficient (Wildman–Crippen LogP) is 3.39. The number of carbonyl (C=O) groups is 1. The molecule has 6 heteroatoms. The van der Waals surface area contributed by atoms with Crippen LogP contribution in [-0.2, 0) is 20.7 Å². The molecule has 138 valence electrons. The van der Waals surface area contributed by atoms with Crippen molar-refractivity contribution in [3.05, 3.63) is 28.3 Å². The van der Waals surface area contributed by atoms with Gasteiger partial charge in [0.25, 0.3) is 0 Å².